The monoisotopic (exact) mass is 720 g/mol. The number of thioether (sulfide) groups is 1. The van der Waals surface area contributed by atoms with Gasteiger partial charge in [0.1, 0.15) is 6.33 Å². The van der Waals surface area contributed by atoms with Gasteiger partial charge in [0, 0.05) is 44.2 Å². The molecule has 1 fully saturated rings. The first-order chi connectivity index (χ1) is 25.3. The highest BCUT2D eigenvalue weighted by atomic mass is 32.2. The summed E-state index contributed by atoms with van der Waals surface area (Å²) in [5.41, 5.74) is 12.9. The predicted molar refractivity (Wildman–Crippen MR) is 202 cm³/mol. The molecule has 1 saturated heterocycles. The number of nitrogens with two attached hydrogens (primary N) is 1. The standard InChI is InChI=1S/C40H44N6O5S/c1-46-26-43-45-40(46)52-25-33-22-36(30-15-13-27(24-47)14-16-30)51-39(50-33)31-19-17-29(18-20-31)32-8-6-7-28(21-32)23-42-37(48)11-4-5-12-38(49)44-35-10-3-2-9-34(35)41/h2-3,6-10,13-21,26,33,36,39,47H,4-5,11-12,22-25,41H2,1H3,(H,42,48)(H,44,49)/t33-,36+,39+/m1/s1. The summed E-state index contributed by atoms with van der Waals surface area (Å²) in [5, 5.41) is 24.4. The molecule has 5 N–H and O–H groups in total. The summed E-state index contributed by atoms with van der Waals surface area (Å²) in [4.78, 5) is 24.8. The Morgan fingerprint density at radius 2 is 1.63 bits per heavy atom. The first kappa shape index (κ1) is 36.8. The van der Waals surface area contributed by atoms with Gasteiger partial charge < -0.3 is 35.5 Å². The Bertz CT molecular complexity index is 1930. The maximum Gasteiger partial charge on any atom is 0.224 e. The van der Waals surface area contributed by atoms with Gasteiger partial charge in [-0.1, -0.05) is 90.6 Å². The van der Waals surface area contributed by atoms with Gasteiger partial charge in [-0.3, -0.25) is 9.59 Å². The highest BCUT2D eigenvalue weighted by Crippen LogP contribution is 2.39. The molecule has 11 nitrogen and oxygen atoms in total. The number of aryl methyl sites for hydroxylation is 1. The average molecular weight is 721 g/mol. The second-order valence-electron chi connectivity index (χ2n) is 12.8. The number of nitrogen functional groups attached to an aromatic ring is 1. The lowest BCUT2D eigenvalue weighted by Gasteiger charge is -2.36. The molecule has 0 unspecified atom stereocenters. The molecule has 2 amide bonds. The van der Waals surface area contributed by atoms with Crippen LogP contribution in [0.15, 0.2) is 109 Å². The molecule has 5 aromatic rings. The van der Waals surface area contributed by atoms with E-state index in [1.165, 1.54) is 0 Å². The van der Waals surface area contributed by atoms with Crippen LogP contribution in [-0.4, -0.2) is 43.5 Å². The van der Waals surface area contributed by atoms with E-state index >= 15 is 0 Å². The molecule has 12 heteroatoms. The molecule has 0 radical (unpaired) electrons. The van der Waals surface area contributed by atoms with Crippen molar-refractivity contribution >= 4 is 35.0 Å². The minimum Gasteiger partial charge on any atom is -0.397 e. The fraction of sp³-hybridized carbons (Fsp3) is 0.300. The normalized spacial score (nSPS) is 17.1. The fourth-order valence-electron chi connectivity index (χ4n) is 5.97. The van der Waals surface area contributed by atoms with Crippen molar-refractivity contribution in [1.82, 2.24) is 20.1 Å². The molecule has 270 valence electrons. The largest absolute Gasteiger partial charge is 0.397 e. The van der Waals surface area contributed by atoms with Crippen molar-refractivity contribution in [2.75, 3.05) is 16.8 Å². The fourth-order valence-corrected chi connectivity index (χ4v) is 6.88. The number of nitrogens with one attached hydrogen (secondary N) is 2. The number of para-hydroxylation sites is 2. The molecule has 4 aromatic carbocycles. The van der Waals surface area contributed by atoms with E-state index in [9.17, 15) is 14.7 Å². The summed E-state index contributed by atoms with van der Waals surface area (Å²) in [6, 6.07) is 31.3. The summed E-state index contributed by atoms with van der Waals surface area (Å²) < 4.78 is 14.9. The van der Waals surface area contributed by atoms with Crippen molar-refractivity contribution < 1.29 is 24.2 Å². The third kappa shape index (κ3) is 10.1. The third-order valence-corrected chi connectivity index (χ3v) is 10.1. The average Bonchev–Trinajstić information content (AvgIpc) is 3.60. The number of benzene rings is 4. The maximum atomic E-state index is 12.6. The Morgan fingerprint density at radius 1 is 0.885 bits per heavy atom. The quantitative estimate of drug-likeness (QED) is 0.0525. The van der Waals surface area contributed by atoms with Crippen molar-refractivity contribution in [2.45, 2.75) is 68.9 Å². The number of aromatic nitrogens is 3. The number of hydrogen-bond acceptors (Lipinski definition) is 9. The Morgan fingerprint density at radius 3 is 2.37 bits per heavy atom. The van der Waals surface area contributed by atoms with Crippen molar-refractivity contribution in [3.05, 3.63) is 126 Å². The van der Waals surface area contributed by atoms with Crippen LogP contribution in [0.2, 0.25) is 0 Å². The lowest BCUT2D eigenvalue weighted by atomic mass is 9.99. The number of aliphatic hydroxyl groups excluding tert-OH is 1. The molecule has 1 aliphatic heterocycles. The molecule has 0 saturated carbocycles. The van der Waals surface area contributed by atoms with Crippen LogP contribution in [0.1, 0.15) is 66.8 Å². The summed E-state index contributed by atoms with van der Waals surface area (Å²) in [6.07, 6.45) is 3.43. The van der Waals surface area contributed by atoms with Gasteiger partial charge in [-0.25, -0.2) is 0 Å². The Balaban J connectivity index is 1.02. The van der Waals surface area contributed by atoms with Crippen LogP contribution in [0.3, 0.4) is 0 Å². The van der Waals surface area contributed by atoms with Gasteiger partial charge in [0.05, 0.1) is 30.2 Å². The van der Waals surface area contributed by atoms with Crippen LogP contribution in [0.25, 0.3) is 11.1 Å². The van der Waals surface area contributed by atoms with Crippen LogP contribution in [0, 0.1) is 0 Å². The molecule has 1 aliphatic rings. The third-order valence-electron chi connectivity index (χ3n) is 8.91. The number of carbonyl (C=O) groups excluding carboxylic acids is 2. The Hall–Kier alpha value is -5.01. The van der Waals surface area contributed by atoms with E-state index in [-0.39, 0.29) is 30.6 Å². The molecular formula is C40H44N6O5S. The SMILES string of the molecule is Cn1cnnc1SC[C@H]1C[C@@H](c2ccc(CO)cc2)O[C@@H](c2ccc(-c3cccc(CNC(=O)CCCCC(=O)Nc4ccccc4N)c3)cc2)O1. The number of anilines is 2. The van der Waals surface area contributed by atoms with Gasteiger partial charge in [0.2, 0.25) is 11.8 Å². The van der Waals surface area contributed by atoms with Gasteiger partial charge in [-0.15, -0.1) is 10.2 Å². The lowest BCUT2D eigenvalue weighted by Crippen LogP contribution is -2.31. The van der Waals surface area contributed by atoms with Gasteiger partial charge >= 0.3 is 0 Å². The highest BCUT2D eigenvalue weighted by Gasteiger charge is 2.32. The molecule has 3 atom stereocenters. The van der Waals surface area contributed by atoms with E-state index in [4.69, 9.17) is 15.2 Å². The lowest BCUT2D eigenvalue weighted by molar-refractivity contribution is -0.245. The molecule has 0 aliphatic carbocycles. The van der Waals surface area contributed by atoms with Crippen molar-refractivity contribution in [3.8, 4) is 11.1 Å². The summed E-state index contributed by atoms with van der Waals surface area (Å²) in [6.45, 7) is 0.407. The van der Waals surface area contributed by atoms with E-state index < -0.39 is 6.29 Å². The smallest absolute Gasteiger partial charge is 0.224 e. The zero-order valence-corrected chi connectivity index (χ0v) is 29.9. The maximum absolute atomic E-state index is 12.6. The van der Waals surface area contributed by atoms with Crippen molar-refractivity contribution in [3.63, 3.8) is 0 Å². The number of rotatable bonds is 15. The molecule has 2 heterocycles. The molecule has 52 heavy (non-hydrogen) atoms. The minimum atomic E-state index is -0.561. The zero-order chi connectivity index (χ0) is 36.3. The van der Waals surface area contributed by atoms with Crippen LogP contribution < -0.4 is 16.4 Å². The first-order valence-corrected chi connectivity index (χ1v) is 18.4. The van der Waals surface area contributed by atoms with E-state index in [0.717, 1.165) is 38.5 Å². The second-order valence-corrected chi connectivity index (χ2v) is 13.8. The Labute approximate surface area is 307 Å². The van der Waals surface area contributed by atoms with E-state index in [1.54, 1.807) is 30.2 Å². The number of carbonyl (C=O) groups is 2. The molecule has 6 rings (SSSR count). The number of unbranched alkanes of at least 4 members (excludes halogenated alkanes) is 1. The summed E-state index contributed by atoms with van der Waals surface area (Å²) in [7, 11) is 1.92. The van der Waals surface area contributed by atoms with Gasteiger partial charge in [-0.2, -0.15) is 0 Å². The number of aliphatic hydroxyl groups is 1. The molecule has 0 spiro atoms. The second kappa shape index (κ2) is 18.0. The van der Waals surface area contributed by atoms with Crippen LogP contribution >= 0.6 is 11.8 Å². The molecule has 0 bridgehead atoms. The number of amides is 2. The van der Waals surface area contributed by atoms with Gasteiger partial charge in [-0.05, 0) is 58.9 Å². The summed E-state index contributed by atoms with van der Waals surface area (Å²) in [5.74, 6) is 0.529. The van der Waals surface area contributed by atoms with Crippen molar-refractivity contribution in [1.29, 1.82) is 0 Å². The predicted octanol–water partition coefficient (Wildman–Crippen LogP) is 6.71. The van der Waals surface area contributed by atoms with Gasteiger partial charge in [0.25, 0.3) is 0 Å². The van der Waals surface area contributed by atoms with Crippen molar-refractivity contribution in [2.24, 2.45) is 7.05 Å². The number of hydrogen-bond donors (Lipinski definition) is 4. The topological polar surface area (TPSA) is 154 Å². The first-order valence-electron chi connectivity index (χ1n) is 17.4. The van der Waals surface area contributed by atoms with E-state index in [1.807, 2.05) is 78.3 Å². The Kier molecular flexibility index (Phi) is 12.7. The van der Waals surface area contributed by atoms with Gasteiger partial charge in [0.15, 0.2) is 11.4 Å². The number of ether oxygens (including phenoxy) is 2. The molecular weight excluding hydrogens is 677 g/mol. The molecule has 1 aromatic heterocycles. The number of nitrogens with zero attached hydrogens (tertiary/aromatic N) is 3. The highest BCUT2D eigenvalue weighted by molar-refractivity contribution is 7.99. The summed E-state index contributed by atoms with van der Waals surface area (Å²) >= 11 is 1.61. The van der Waals surface area contributed by atoms with Crippen LogP contribution in [0.5, 0.6) is 0 Å². The minimum absolute atomic E-state index is 0.00599. The van der Waals surface area contributed by atoms with Crippen LogP contribution in [0.4, 0.5) is 11.4 Å². The van der Waals surface area contributed by atoms with E-state index in [2.05, 4.69) is 39.0 Å². The zero-order valence-electron chi connectivity index (χ0n) is 29.1. The van der Waals surface area contributed by atoms with E-state index in [0.29, 0.717) is 55.8 Å². The van der Waals surface area contributed by atoms with Crippen LogP contribution in [-0.2, 0) is 39.3 Å².